The molecular weight excluding hydrogens is 267 g/mol. The number of benzene rings is 1. The van der Waals surface area contributed by atoms with E-state index in [1.54, 1.807) is 6.07 Å². The van der Waals surface area contributed by atoms with Crippen LogP contribution in [0.25, 0.3) is 0 Å². The highest BCUT2D eigenvalue weighted by Crippen LogP contribution is 2.32. The van der Waals surface area contributed by atoms with Crippen LogP contribution in [-0.4, -0.2) is 35.2 Å². The Morgan fingerprint density at radius 1 is 1.33 bits per heavy atom. The van der Waals surface area contributed by atoms with Crippen LogP contribution in [0.2, 0.25) is 0 Å². The lowest BCUT2D eigenvalue weighted by atomic mass is 9.94. The van der Waals surface area contributed by atoms with Crippen LogP contribution in [0.1, 0.15) is 50.6 Å². The lowest BCUT2D eigenvalue weighted by Gasteiger charge is -2.39. The number of nitrogens with zero attached hydrogens (tertiary/aromatic N) is 1. The van der Waals surface area contributed by atoms with Crippen molar-refractivity contribution in [3.8, 4) is 0 Å². The number of nitrogens with two attached hydrogens (primary N) is 1. The van der Waals surface area contributed by atoms with Gasteiger partial charge in [-0.15, -0.1) is 0 Å². The van der Waals surface area contributed by atoms with Crippen molar-refractivity contribution in [2.45, 2.75) is 57.2 Å². The molecule has 3 N–H and O–H groups in total. The zero-order chi connectivity index (χ0) is 15.2. The van der Waals surface area contributed by atoms with Gasteiger partial charge in [-0.1, -0.05) is 38.0 Å². The van der Waals surface area contributed by atoms with Gasteiger partial charge in [0.15, 0.2) is 0 Å². The van der Waals surface area contributed by atoms with E-state index in [9.17, 15) is 9.50 Å². The van der Waals surface area contributed by atoms with Gasteiger partial charge in [0.2, 0.25) is 0 Å². The van der Waals surface area contributed by atoms with Gasteiger partial charge in [-0.2, -0.15) is 0 Å². The number of hydrogen-bond acceptors (Lipinski definition) is 3. The zero-order valence-corrected chi connectivity index (χ0v) is 12.8. The first-order valence-corrected chi connectivity index (χ1v) is 8.05. The first-order chi connectivity index (χ1) is 10.2. The zero-order valence-electron chi connectivity index (χ0n) is 12.8. The van der Waals surface area contributed by atoms with E-state index in [4.69, 9.17) is 5.73 Å². The van der Waals surface area contributed by atoms with Gasteiger partial charge in [0.25, 0.3) is 0 Å². The van der Waals surface area contributed by atoms with Crippen molar-refractivity contribution in [1.82, 2.24) is 4.90 Å². The normalized spacial score (nSPS) is 23.5. The monoisotopic (exact) mass is 294 g/mol. The molecule has 0 aliphatic carbocycles. The van der Waals surface area contributed by atoms with Gasteiger partial charge in [-0.25, -0.2) is 4.39 Å². The number of rotatable bonds is 5. The summed E-state index contributed by atoms with van der Waals surface area (Å²) in [7, 11) is 0. The van der Waals surface area contributed by atoms with Gasteiger partial charge in [0.1, 0.15) is 5.82 Å². The molecule has 3 unspecified atom stereocenters. The molecule has 1 aliphatic heterocycles. The summed E-state index contributed by atoms with van der Waals surface area (Å²) in [4.78, 5) is 2.24. The van der Waals surface area contributed by atoms with Crippen LogP contribution < -0.4 is 5.73 Å². The Morgan fingerprint density at radius 2 is 2.10 bits per heavy atom. The van der Waals surface area contributed by atoms with E-state index in [0.29, 0.717) is 5.56 Å². The minimum absolute atomic E-state index is 0.0784. The van der Waals surface area contributed by atoms with Crippen molar-refractivity contribution in [2.24, 2.45) is 5.73 Å². The number of aliphatic hydroxyl groups is 1. The molecule has 0 saturated carbocycles. The number of aliphatic hydroxyl groups excluding tert-OH is 1. The maximum atomic E-state index is 14.3. The highest BCUT2D eigenvalue weighted by Gasteiger charge is 2.33. The first-order valence-electron chi connectivity index (χ1n) is 8.05. The van der Waals surface area contributed by atoms with E-state index in [1.165, 1.54) is 12.5 Å². The summed E-state index contributed by atoms with van der Waals surface area (Å²) in [5, 5.41) is 9.73. The fourth-order valence-electron chi connectivity index (χ4n) is 3.36. The molecule has 1 aliphatic rings. The van der Waals surface area contributed by atoms with Crippen LogP contribution in [0.5, 0.6) is 0 Å². The number of likely N-dealkylation sites (tertiary alicyclic amines) is 1. The van der Waals surface area contributed by atoms with Crippen LogP contribution >= 0.6 is 0 Å². The summed E-state index contributed by atoms with van der Waals surface area (Å²) in [6.45, 7) is 3.02. The fourth-order valence-corrected chi connectivity index (χ4v) is 3.36. The summed E-state index contributed by atoms with van der Waals surface area (Å²) < 4.78 is 14.3. The second-order valence-corrected chi connectivity index (χ2v) is 5.96. The molecule has 4 heteroatoms. The molecule has 1 aromatic rings. The second kappa shape index (κ2) is 7.87. The lowest BCUT2D eigenvalue weighted by Crippen LogP contribution is -2.47. The predicted molar refractivity (Wildman–Crippen MR) is 83.5 cm³/mol. The Bertz CT molecular complexity index is 441. The van der Waals surface area contributed by atoms with Crippen molar-refractivity contribution < 1.29 is 9.50 Å². The molecule has 1 fully saturated rings. The minimum atomic E-state index is -0.202. The standard InChI is InChI=1S/C17H27FN2O/c1-2-16(19)17(14-9-5-6-10-15(14)18)20-11-7-3-4-8-13(20)12-21/h5-6,9-10,13,16-17,21H,2-4,7-8,11-12,19H2,1H3. The Morgan fingerprint density at radius 3 is 2.76 bits per heavy atom. The molecule has 3 nitrogen and oxygen atoms in total. The van der Waals surface area contributed by atoms with Gasteiger partial charge in [-0.3, -0.25) is 4.90 Å². The molecule has 21 heavy (non-hydrogen) atoms. The molecule has 0 spiro atoms. The molecule has 2 rings (SSSR count). The van der Waals surface area contributed by atoms with Crippen molar-refractivity contribution in [3.63, 3.8) is 0 Å². The fraction of sp³-hybridized carbons (Fsp3) is 0.647. The molecule has 1 heterocycles. The number of halogens is 1. The summed E-state index contributed by atoms with van der Waals surface area (Å²) in [6.07, 6.45) is 5.11. The average molecular weight is 294 g/mol. The summed E-state index contributed by atoms with van der Waals surface area (Å²) in [5.41, 5.74) is 6.99. The maximum Gasteiger partial charge on any atom is 0.128 e. The third-order valence-corrected chi connectivity index (χ3v) is 4.59. The van der Waals surface area contributed by atoms with Gasteiger partial charge in [0.05, 0.1) is 12.6 Å². The Labute approximate surface area is 126 Å². The first kappa shape index (κ1) is 16.4. The summed E-state index contributed by atoms with van der Waals surface area (Å²) in [6, 6.07) is 6.68. The molecule has 0 radical (unpaired) electrons. The second-order valence-electron chi connectivity index (χ2n) is 5.96. The van der Waals surface area contributed by atoms with Gasteiger partial charge in [0, 0.05) is 17.6 Å². The average Bonchev–Trinajstić information content (AvgIpc) is 2.74. The SMILES string of the molecule is CCC(N)C(c1ccccc1F)N1CCCCCC1CO. The highest BCUT2D eigenvalue weighted by atomic mass is 19.1. The summed E-state index contributed by atoms with van der Waals surface area (Å²) >= 11 is 0. The Kier molecular flexibility index (Phi) is 6.15. The quantitative estimate of drug-likeness (QED) is 0.878. The van der Waals surface area contributed by atoms with E-state index in [1.807, 2.05) is 19.1 Å². The Balaban J connectivity index is 2.36. The van der Waals surface area contributed by atoms with E-state index in [2.05, 4.69) is 4.90 Å². The van der Waals surface area contributed by atoms with Crippen molar-refractivity contribution in [3.05, 3.63) is 35.6 Å². The molecule has 1 aromatic carbocycles. The lowest BCUT2D eigenvalue weighted by molar-refractivity contribution is 0.0697. The van der Waals surface area contributed by atoms with Crippen LogP contribution in [0, 0.1) is 5.82 Å². The third-order valence-electron chi connectivity index (χ3n) is 4.59. The molecule has 118 valence electrons. The Hall–Kier alpha value is -0.970. The minimum Gasteiger partial charge on any atom is -0.395 e. The van der Waals surface area contributed by atoms with Crippen molar-refractivity contribution in [1.29, 1.82) is 0 Å². The predicted octanol–water partition coefficient (Wildman–Crippen LogP) is 2.84. The topological polar surface area (TPSA) is 49.5 Å². The van der Waals surface area contributed by atoms with E-state index >= 15 is 0 Å². The van der Waals surface area contributed by atoms with Crippen molar-refractivity contribution in [2.75, 3.05) is 13.2 Å². The van der Waals surface area contributed by atoms with Gasteiger partial charge >= 0.3 is 0 Å². The largest absolute Gasteiger partial charge is 0.395 e. The maximum absolute atomic E-state index is 14.3. The molecule has 0 amide bonds. The summed E-state index contributed by atoms with van der Waals surface area (Å²) in [5.74, 6) is -0.202. The van der Waals surface area contributed by atoms with Crippen LogP contribution in [0.15, 0.2) is 24.3 Å². The van der Waals surface area contributed by atoms with Gasteiger partial charge < -0.3 is 10.8 Å². The van der Waals surface area contributed by atoms with Crippen LogP contribution in [0.4, 0.5) is 4.39 Å². The third kappa shape index (κ3) is 3.82. The van der Waals surface area contributed by atoms with Crippen LogP contribution in [-0.2, 0) is 0 Å². The molecule has 0 aromatic heterocycles. The van der Waals surface area contributed by atoms with Crippen LogP contribution in [0.3, 0.4) is 0 Å². The molecule has 3 atom stereocenters. The van der Waals surface area contributed by atoms with E-state index in [0.717, 1.165) is 32.2 Å². The molecule has 0 bridgehead atoms. The van der Waals surface area contributed by atoms with Gasteiger partial charge in [-0.05, 0) is 31.9 Å². The molecule has 1 saturated heterocycles. The smallest absolute Gasteiger partial charge is 0.128 e. The number of hydrogen-bond donors (Lipinski definition) is 2. The molecular formula is C17H27FN2O. The van der Waals surface area contributed by atoms with E-state index < -0.39 is 0 Å². The van der Waals surface area contributed by atoms with Crippen molar-refractivity contribution >= 4 is 0 Å². The highest BCUT2D eigenvalue weighted by molar-refractivity contribution is 5.23. The van der Waals surface area contributed by atoms with E-state index in [-0.39, 0.29) is 30.5 Å².